The Morgan fingerprint density at radius 2 is 1.86 bits per heavy atom. The van der Waals surface area contributed by atoms with Gasteiger partial charge in [-0.1, -0.05) is 58.8 Å². The normalized spacial score (nSPS) is 14.8. The van der Waals surface area contributed by atoms with Gasteiger partial charge < -0.3 is 14.2 Å². The molecule has 42 heavy (non-hydrogen) atoms. The van der Waals surface area contributed by atoms with Crippen LogP contribution in [0.1, 0.15) is 36.6 Å². The van der Waals surface area contributed by atoms with Crippen molar-refractivity contribution in [1.82, 2.24) is 4.57 Å². The summed E-state index contributed by atoms with van der Waals surface area (Å²) < 4.78 is 19.4. The summed E-state index contributed by atoms with van der Waals surface area (Å²) in [4.78, 5) is 32.1. The minimum absolute atomic E-state index is 0.201. The molecule has 0 saturated carbocycles. The highest BCUT2D eigenvalue weighted by molar-refractivity contribution is 9.10. The zero-order valence-electron chi connectivity index (χ0n) is 22.8. The second-order valence-electron chi connectivity index (χ2n) is 9.30. The molecule has 7 nitrogen and oxygen atoms in total. The minimum Gasteiger partial charge on any atom is -0.496 e. The van der Waals surface area contributed by atoms with Crippen molar-refractivity contribution in [3.05, 3.63) is 123 Å². The van der Waals surface area contributed by atoms with Crippen LogP contribution >= 0.6 is 50.5 Å². The van der Waals surface area contributed by atoms with Gasteiger partial charge in [0.25, 0.3) is 5.56 Å². The van der Waals surface area contributed by atoms with Crippen LogP contribution in [0.3, 0.4) is 0 Å². The molecule has 1 aromatic heterocycles. The Balaban J connectivity index is 1.49. The highest BCUT2D eigenvalue weighted by Crippen LogP contribution is 2.35. The quantitative estimate of drug-likeness (QED) is 0.199. The van der Waals surface area contributed by atoms with Gasteiger partial charge in [-0.3, -0.25) is 9.36 Å². The van der Waals surface area contributed by atoms with Crippen molar-refractivity contribution in [2.75, 3.05) is 13.7 Å². The number of hydrogen-bond acceptors (Lipinski definition) is 7. The summed E-state index contributed by atoms with van der Waals surface area (Å²) in [5.74, 6) is 0.787. The number of nitrogens with zero attached hydrogens (tertiary/aromatic N) is 2. The summed E-state index contributed by atoms with van der Waals surface area (Å²) in [6.07, 6.45) is 1.80. The van der Waals surface area contributed by atoms with E-state index in [1.54, 1.807) is 49.8 Å². The lowest BCUT2D eigenvalue weighted by Gasteiger charge is -2.25. The van der Waals surface area contributed by atoms with Crippen molar-refractivity contribution in [2.24, 2.45) is 4.99 Å². The van der Waals surface area contributed by atoms with Crippen LogP contribution in [0.4, 0.5) is 0 Å². The van der Waals surface area contributed by atoms with E-state index in [2.05, 4.69) is 20.9 Å². The monoisotopic (exact) mass is 686 g/mol. The van der Waals surface area contributed by atoms with Gasteiger partial charge in [0.15, 0.2) is 4.80 Å². The molecule has 2 heterocycles. The number of benzene rings is 3. The van der Waals surface area contributed by atoms with Crippen molar-refractivity contribution in [3.8, 4) is 11.5 Å². The van der Waals surface area contributed by atoms with Crippen LogP contribution in [0.2, 0.25) is 10.0 Å². The largest absolute Gasteiger partial charge is 0.496 e. The second-order valence-corrected chi connectivity index (χ2v) is 12.0. The number of fused-ring (bicyclic) bond motifs is 1. The summed E-state index contributed by atoms with van der Waals surface area (Å²) in [6.45, 7) is 4.03. The van der Waals surface area contributed by atoms with Crippen LogP contribution < -0.4 is 24.4 Å². The van der Waals surface area contributed by atoms with Gasteiger partial charge >= 0.3 is 5.97 Å². The van der Waals surface area contributed by atoms with Crippen LogP contribution in [-0.2, 0) is 16.1 Å². The van der Waals surface area contributed by atoms with E-state index in [1.807, 2.05) is 42.5 Å². The van der Waals surface area contributed by atoms with E-state index in [0.717, 1.165) is 16.7 Å². The van der Waals surface area contributed by atoms with Crippen molar-refractivity contribution < 1.29 is 19.0 Å². The number of ether oxygens (including phenoxy) is 3. The summed E-state index contributed by atoms with van der Waals surface area (Å²) in [5, 5.41) is 0.964. The maximum Gasteiger partial charge on any atom is 0.338 e. The molecule has 4 aromatic rings. The van der Waals surface area contributed by atoms with Gasteiger partial charge in [0.1, 0.15) is 18.1 Å². The van der Waals surface area contributed by atoms with Gasteiger partial charge in [0.05, 0.1) is 50.1 Å². The van der Waals surface area contributed by atoms with Crippen molar-refractivity contribution >= 4 is 62.5 Å². The standard InChI is InChI=1S/C31H25BrCl2N2O5S/c1-4-40-30(38)27-17(2)35-31-36(28(27)20-8-12-25(39-3)22(32)15-20)29(37)26(42-31)14-18-5-9-21(10-6-18)41-16-19-7-11-23(33)24(34)13-19/h5-15,28H,4,16H2,1-3H3/b26-14+/t28-/m0/s1. The third-order valence-electron chi connectivity index (χ3n) is 6.58. The van der Waals surface area contributed by atoms with Gasteiger partial charge in [0, 0.05) is 0 Å². The van der Waals surface area contributed by atoms with Gasteiger partial charge in [-0.25, -0.2) is 9.79 Å². The molecule has 1 aliphatic heterocycles. The van der Waals surface area contributed by atoms with E-state index in [1.165, 1.54) is 11.3 Å². The SMILES string of the molecule is CCOC(=O)C1=C(C)N=c2s/c(=C/c3ccc(OCc4ccc(Cl)c(Cl)c4)cc3)c(=O)n2[C@H]1c1ccc(OC)c(Br)c1. The number of hydrogen-bond donors (Lipinski definition) is 0. The average Bonchev–Trinajstić information content (AvgIpc) is 3.27. The van der Waals surface area contributed by atoms with Crippen LogP contribution in [0, 0.1) is 0 Å². The highest BCUT2D eigenvalue weighted by atomic mass is 79.9. The number of halogens is 3. The van der Waals surface area contributed by atoms with E-state index in [9.17, 15) is 9.59 Å². The number of aromatic nitrogens is 1. The van der Waals surface area contributed by atoms with Crippen molar-refractivity contribution in [3.63, 3.8) is 0 Å². The van der Waals surface area contributed by atoms with Crippen LogP contribution in [0.5, 0.6) is 11.5 Å². The first-order valence-corrected chi connectivity index (χ1v) is 15.3. The van der Waals surface area contributed by atoms with Gasteiger partial charge in [-0.2, -0.15) is 0 Å². The Morgan fingerprint density at radius 3 is 2.52 bits per heavy atom. The Kier molecular flexibility index (Phi) is 9.22. The first-order valence-electron chi connectivity index (χ1n) is 12.9. The number of methoxy groups -OCH3 is 1. The predicted molar refractivity (Wildman–Crippen MR) is 168 cm³/mol. The Bertz CT molecular complexity index is 1880. The fourth-order valence-corrected chi connectivity index (χ4v) is 6.49. The summed E-state index contributed by atoms with van der Waals surface area (Å²) >= 11 is 16.9. The summed E-state index contributed by atoms with van der Waals surface area (Å²) in [6, 6.07) is 17.5. The molecule has 216 valence electrons. The maximum atomic E-state index is 13.8. The average molecular weight is 688 g/mol. The molecule has 0 bridgehead atoms. The fourth-order valence-electron chi connectivity index (χ4n) is 4.57. The molecule has 0 spiro atoms. The van der Waals surface area contributed by atoms with Crippen molar-refractivity contribution in [2.45, 2.75) is 26.5 Å². The summed E-state index contributed by atoms with van der Waals surface area (Å²) in [7, 11) is 1.57. The molecule has 0 N–H and O–H groups in total. The molecule has 0 amide bonds. The molecule has 0 aliphatic carbocycles. The molecule has 0 fully saturated rings. The molecule has 0 radical (unpaired) electrons. The van der Waals surface area contributed by atoms with Crippen LogP contribution in [0.25, 0.3) is 6.08 Å². The van der Waals surface area contributed by atoms with Crippen molar-refractivity contribution in [1.29, 1.82) is 0 Å². The lowest BCUT2D eigenvalue weighted by molar-refractivity contribution is -0.139. The third kappa shape index (κ3) is 6.20. The first kappa shape index (κ1) is 30.1. The number of carbonyl (C=O) groups is 1. The van der Waals surface area contributed by atoms with Gasteiger partial charge in [-0.05, 0) is 88.9 Å². The summed E-state index contributed by atoms with van der Waals surface area (Å²) in [5.41, 5.74) is 2.98. The Labute approximate surface area is 264 Å². The molecular weight excluding hydrogens is 663 g/mol. The number of thiazole rings is 1. The smallest absolute Gasteiger partial charge is 0.338 e. The van der Waals surface area contributed by atoms with Gasteiger partial charge in [-0.15, -0.1) is 0 Å². The molecule has 0 saturated heterocycles. The third-order valence-corrected chi connectivity index (χ3v) is 8.92. The van der Waals surface area contributed by atoms with E-state index >= 15 is 0 Å². The van der Waals surface area contributed by atoms with E-state index < -0.39 is 12.0 Å². The maximum absolute atomic E-state index is 13.8. The molecule has 0 unspecified atom stereocenters. The lowest BCUT2D eigenvalue weighted by Crippen LogP contribution is -2.39. The molecule has 3 aromatic carbocycles. The highest BCUT2D eigenvalue weighted by Gasteiger charge is 2.33. The second kappa shape index (κ2) is 12.9. The van der Waals surface area contributed by atoms with Crippen LogP contribution in [0.15, 0.2) is 86.2 Å². The fraction of sp³-hybridized carbons (Fsp3) is 0.194. The number of esters is 1. The molecule has 1 atom stereocenters. The number of allylic oxidation sites excluding steroid dienone is 1. The topological polar surface area (TPSA) is 79.1 Å². The van der Waals surface area contributed by atoms with E-state index in [-0.39, 0.29) is 12.2 Å². The zero-order chi connectivity index (χ0) is 30.0. The number of carbonyl (C=O) groups excluding carboxylic acids is 1. The molecular formula is C31H25BrCl2N2O5S. The zero-order valence-corrected chi connectivity index (χ0v) is 26.7. The molecule has 5 rings (SSSR count). The van der Waals surface area contributed by atoms with Crippen LogP contribution in [-0.4, -0.2) is 24.3 Å². The molecule has 11 heteroatoms. The first-order chi connectivity index (χ1) is 20.2. The predicted octanol–water partition coefficient (Wildman–Crippen LogP) is 6.46. The van der Waals surface area contributed by atoms with Gasteiger partial charge in [0.2, 0.25) is 0 Å². The Hall–Kier alpha value is -3.37. The minimum atomic E-state index is -0.721. The number of rotatable bonds is 8. The van der Waals surface area contributed by atoms with E-state index in [0.29, 0.717) is 53.2 Å². The lowest BCUT2D eigenvalue weighted by atomic mass is 9.96. The molecule has 1 aliphatic rings. The Morgan fingerprint density at radius 1 is 1.10 bits per heavy atom. The van der Waals surface area contributed by atoms with E-state index in [4.69, 9.17) is 37.4 Å².